The molecular formula is C15H8BrF3N2. The van der Waals surface area contributed by atoms with Crippen molar-refractivity contribution in [1.29, 1.82) is 0 Å². The van der Waals surface area contributed by atoms with E-state index in [0.29, 0.717) is 16.0 Å². The summed E-state index contributed by atoms with van der Waals surface area (Å²) in [5, 5.41) is 4.26. The van der Waals surface area contributed by atoms with Crippen LogP contribution < -0.4 is 0 Å². The predicted octanol–water partition coefficient (Wildman–Crippen LogP) is 4.72. The summed E-state index contributed by atoms with van der Waals surface area (Å²) in [4.78, 5) is 0. The molecule has 0 saturated carbocycles. The van der Waals surface area contributed by atoms with E-state index >= 15 is 0 Å². The van der Waals surface area contributed by atoms with E-state index in [0.717, 1.165) is 6.07 Å². The van der Waals surface area contributed by atoms with E-state index in [1.54, 1.807) is 18.2 Å². The zero-order valence-corrected chi connectivity index (χ0v) is 12.1. The Hall–Kier alpha value is -2.08. The molecule has 3 rings (SSSR count). The van der Waals surface area contributed by atoms with Crippen LogP contribution in [0, 0.1) is 17.5 Å². The topological polar surface area (TPSA) is 17.8 Å². The molecule has 6 heteroatoms. The Morgan fingerprint density at radius 2 is 1.52 bits per heavy atom. The fourth-order valence-corrected chi connectivity index (χ4v) is 2.45. The number of aromatic nitrogens is 2. The molecular weight excluding hydrogens is 345 g/mol. The fourth-order valence-electron chi connectivity index (χ4n) is 1.95. The number of halogens is 4. The summed E-state index contributed by atoms with van der Waals surface area (Å²) in [5.74, 6) is -1.69. The number of benzene rings is 2. The number of nitrogens with zero attached hydrogens (tertiary/aromatic N) is 2. The van der Waals surface area contributed by atoms with Crippen LogP contribution in [0.2, 0.25) is 0 Å². The third-order valence-electron chi connectivity index (χ3n) is 2.94. The molecule has 0 radical (unpaired) electrons. The van der Waals surface area contributed by atoms with Crippen LogP contribution in [0.15, 0.2) is 53.1 Å². The van der Waals surface area contributed by atoms with Gasteiger partial charge >= 0.3 is 0 Å². The molecule has 0 unspecified atom stereocenters. The van der Waals surface area contributed by atoms with Crippen molar-refractivity contribution in [2.24, 2.45) is 0 Å². The smallest absolute Gasteiger partial charge is 0.135 e. The third kappa shape index (κ3) is 2.71. The van der Waals surface area contributed by atoms with E-state index in [2.05, 4.69) is 21.0 Å². The summed E-state index contributed by atoms with van der Waals surface area (Å²) >= 11 is 3.32. The number of hydrogen-bond donors (Lipinski definition) is 0. The molecule has 1 heterocycles. The quantitative estimate of drug-likeness (QED) is 0.652. The molecule has 0 atom stereocenters. The molecule has 3 aromatic rings. The molecule has 0 saturated heterocycles. The van der Waals surface area contributed by atoms with Crippen molar-refractivity contribution in [2.45, 2.75) is 0 Å². The van der Waals surface area contributed by atoms with Crippen LogP contribution in [0.25, 0.3) is 16.9 Å². The predicted molar refractivity (Wildman–Crippen MR) is 76.6 cm³/mol. The first-order valence-corrected chi connectivity index (χ1v) is 6.81. The second kappa shape index (κ2) is 5.37. The van der Waals surface area contributed by atoms with Crippen LogP contribution in [0.1, 0.15) is 0 Å². The second-order valence-corrected chi connectivity index (χ2v) is 5.18. The number of rotatable bonds is 2. The zero-order chi connectivity index (χ0) is 15.0. The summed E-state index contributed by atoms with van der Waals surface area (Å²) < 4.78 is 41.7. The minimum atomic E-state index is -0.689. The zero-order valence-electron chi connectivity index (χ0n) is 10.5. The SMILES string of the molecule is Fc1ccc(-n2nc(-c3ccc(F)cc3F)cc2Br)cc1. The Kier molecular flexibility index (Phi) is 3.55. The maximum atomic E-state index is 13.8. The molecule has 0 fully saturated rings. The Morgan fingerprint density at radius 3 is 2.19 bits per heavy atom. The Labute approximate surface area is 127 Å². The van der Waals surface area contributed by atoms with Gasteiger partial charge < -0.3 is 0 Å². The van der Waals surface area contributed by atoms with Gasteiger partial charge in [-0.1, -0.05) is 0 Å². The lowest BCUT2D eigenvalue weighted by Gasteiger charge is -2.03. The van der Waals surface area contributed by atoms with Crippen LogP contribution in [-0.4, -0.2) is 9.78 Å². The van der Waals surface area contributed by atoms with Gasteiger partial charge in [0.1, 0.15) is 22.1 Å². The van der Waals surface area contributed by atoms with Crippen molar-refractivity contribution in [1.82, 2.24) is 9.78 Å². The van der Waals surface area contributed by atoms with Crippen LogP contribution in [-0.2, 0) is 0 Å². The first kappa shape index (κ1) is 13.9. The van der Waals surface area contributed by atoms with Gasteiger partial charge in [0, 0.05) is 11.6 Å². The van der Waals surface area contributed by atoms with Gasteiger partial charge in [-0.25, -0.2) is 17.9 Å². The lowest BCUT2D eigenvalue weighted by Crippen LogP contribution is -1.97. The molecule has 0 spiro atoms. The molecule has 2 aromatic carbocycles. The lowest BCUT2D eigenvalue weighted by atomic mass is 10.1. The van der Waals surface area contributed by atoms with Gasteiger partial charge in [-0.3, -0.25) is 0 Å². The average Bonchev–Trinajstić information content (AvgIpc) is 2.81. The molecule has 0 aliphatic carbocycles. The maximum Gasteiger partial charge on any atom is 0.135 e. The first-order chi connectivity index (χ1) is 10.0. The fraction of sp³-hybridized carbons (Fsp3) is 0. The summed E-state index contributed by atoms with van der Waals surface area (Å²) in [6.45, 7) is 0. The Morgan fingerprint density at radius 1 is 0.857 bits per heavy atom. The van der Waals surface area contributed by atoms with Crippen LogP contribution in [0.3, 0.4) is 0 Å². The van der Waals surface area contributed by atoms with E-state index in [1.165, 1.54) is 28.9 Å². The molecule has 0 aliphatic heterocycles. The molecule has 0 bridgehead atoms. The van der Waals surface area contributed by atoms with Crippen molar-refractivity contribution in [3.8, 4) is 16.9 Å². The van der Waals surface area contributed by atoms with Gasteiger partial charge in [0.15, 0.2) is 0 Å². The molecule has 0 N–H and O–H groups in total. The van der Waals surface area contributed by atoms with E-state index in [1.807, 2.05) is 0 Å². The lowest BCUT2D eigenvalue weighted by molar-refractivity contribution is 0.585. The van der Waals surface area contributed by atoms with Crippen molar-refractivity contribution in [3.05, 3.63) is 70.6 Å². The second-order valence-electron chi connectivity index (χ2n) is 4.36. The third-order valence-corrected chi connectivity index (χ3v) is 3.51. The Balaban J connectivity index is 2.07. The van der Waals surface area contributed by atoms with Gasteiger partial charge in [-0.2, -0.15) is 5.10 Å². The highest BCUT2D eigenvalue weighted by molar-refractivity contribution is 9.10. The monoisotopic (exact) mass is 352 g/mol. The molecule has 0 aliphatic rings. The van der Waals surface area contributed by atoms with Gasteiger partial charge in [-0.05, 0) is 58.4 Å². The van der Waals surface area contributed by atoms with E-state index in [-0.39, 0.29) is 11.4 Å². The van der Waals surface area contributed by atoms with Crippen molar-refractivity contribution in [2.75, 3.05) is 0 Å². The van der Waals surface area contributed by atoms with E-state index in [4.69, 9.17) is 0 Å². The largest absolute Gasteiger partial charge is 0.226 e. The molecule has 1 aromatic heterocycles. The minimum absolute atomic E-state index is 0.193. The van der Waals surface area contributed by atoms with Crippen LogP contribution in [0.5, 0.6) is 0 Å². The Bertz CT molecular complexity index is 797. The first-order valence-electron chi connectivity index (χ1n) is 6.01. The standard InChI is InChI=1S/C15H8BrF3N2/c16-15-8-14(12-6-3-10(18)7-13(12)19)20-21(15)11-4-1-9(17)2-5-11/h1-8H. The highest BCUT2D eigenvalue weighted by Crippen LogP contribution is 2.27. The van der Waals surface area contributed by atoms with Gasteiger partial charge in [0.25, 0.3) is 0 Å². The number of hydrogen-bond acceptors (Lipinski definition) is 1. The molecule has 2 nitrogen and oxygen atoms in total. The highest BCUT2D eigenvalue weighted by Gasteiger charge is 2.13. The average molecular weight is 353 g/mol. The van der Waals surface area contributed by atoms with Crippen molar-refractivity contribution in [3.63, 3.8) is 0 Å². The summed E-state index contributed by atoms with van der Waals surface area (Å²) in [6.07, 6.45) is 0. The minimum Gasteiger partial charge on any atom is -0.226 e. The highest BCUT2D eigenvalue weighted by atomic mass is 79.9. The summed E-state index contributed by atoms with van der Waals surface area (Å²) in [5.41, 5.74) is 1.17. The van der Waals surface area contributed by atoms with Crippen LogP contribution >= 0.6 is 15.9 Å². The normalized spacial score (nSPS) is 10.9. The van der Waals surface area contributed by atoms with Crippen LogP contribution in [0.4, 0.5) is 13.2 Å². The maximum absolute atomic E-state index is 13.8. The summed E-state index contributed by atoms with van der Waals surface area (Å²) in [6, 6.07) is 10.6. The molecule has 21 heavy (non-hydrogen) atoms. The van der Waals surface area contributed by atoms with Gasteiger partial charge in [0.05, 0.1) is 11.4 Å². The molecule has 0 amide bonds. The van der Waals surface area contributed by atoms with Crippen molar-refractivity contribution >= 4 is 15.9 Å². The van der Waals surface area contributed by atoms with Crippen molar-refractivity contribution < 1.29 is 13.2 Å². The summed E-state index contributed by atoms with van der Waals surface area (Å²) in [7, 11) is 0. The molecule has 106 valence electrons. The van der Waals surface area contributed by atoms with Gasteiger partial charge in [-0.15, -0.1) is 0 Å². The van der Waals surface area contributed by atoms with E-state index in [9.17, 15) is 13.2 Å². The van der Waals surface area contributed by atoms with E-state index < -0.39 is 11.6 Å². The van der Waals surface area contributed by atoms with Gasteiger partial charge in [0.2, 0.25) is 0 Å².